The standard InChI is InChI=1S/C50H35NS/c1-50(45-20-10-8-17-41(45)42-18-9-11-21-46(42)50)47-22-12-19-43-44-33-40(31-32-48(44)52-49(43)47)51(38-27-23-36(24-28-38)34-13-4-2-5-14-34)39-29-25-37(26-30-39)35-15-6-3-7-16-35/h2-33H,1H3/i2D,4D,5D,6D,7D,8D,10D,11D,12D,13D,14D,15D,16D,17D,18D,20D,21D,22D,23D,24D,25D,26D,31D,32D,33D. The van der Waals surface area contributed by atoms with Crippen molar-refractivity contribution in [3.05, 3.63) is 210 Å². The van der Waals surface area contributed by atoms with E-state index in [2.05, 4.69) is 0 Å². The maximum Gasteiger partial charge on any atom is 0.0652 e. The van der Waals surface area contributed by atoms with E-state index in [1.807, 2.05) is 0 Å². The second kappa shape index (κ2) is 12.2. The van der Waals surface area contributed by atoms with Crippen molar-refractivity contribution in [3.63, 3.8) is 0 Å². The van der Waals surface area contributed by atoms with Crippen LogP contribution in [0.5, 0.6) is 0 Å². The molecule has 246 valence electrons. The average molecular weight is 707 g/mol. The Hall–Kier alpha value is -6.22. The monoisotopic (exact) mass is 706 g/mol. The van der Waals surface area contributed by atoms with Crippen molar-refractivity contribution >= 4 is 48.6 Å². The summed E-state index contributed by atoms with van der Waals surface area (Å²) < 4.78 is 223. The molecule has 0 N–H and O–H groups in total. The van der Waals surface area contributed by atoms with Gasteiger partial charge in [-0.05, 0) is 99.4 Å². The fourth-order valence-corrected chi connectivity index (χ4v) is 7.81. The van der Waals surface area contributed by atoms with E-state index in [9.17, 15) is 15.1 Å². The predicted octanol–water partition coefficient (Wildman–Crippen LogP) is 14.2. The number of hydrogen-bond donors (Lipinski definition) is 0. The van der Waals surface area contributed by atoms with Crippen LogP contribution in [0.15, 0.2) is 194 Å². The molecule has 0 spiro atoms. The topological polar surface area (TPSA) is 3.24 Å². The van der Waals surface area contributed by atoms with Crippen LogP contribution in [0.25, 0.3) is 53.6 Å². The first-order chi connectivity index (χ1) is 36.0. The largest absolute Gasteiger partial charge is 0.310 e. The SMILES string of the molecule is [2H]c1cc([2H])c([2H])c(-c2c([2H])cc(N(c3cc([2H])c(-c4c([2H])c([2H])c([2H])c([2H])c4[2H])c([2H])c3)c3c([2H])c([2H])c4sc5c(C6(C)c7c([2H])c([2H])cc([2H])c7-c7c([2H])c([2H])c([2H])c([2H])c76)c([2H])c([2H])cc5c4c3[2H])cc2[2H])c1[2H]. The van der Waals surface area contributed by atoms with Crippen molar-refractivity contribution in [2.24, 2.45) is 0 Å². The number of fused-ring (bicyclic) bond motifs is 6. The van der Waals surface area contributed by atoms with Crippen LogP contribution in [0.1, 0.15) is 57.9 Å². The van der Waals surface area contributed by atoms with Gasteiger partial charge in [-0.25, -0.2) is 0 Å². The van der Waals surface area contributed by atoms with Gasteiger partial charge < -0.3 is 4.90 Å². The molecule has 10 rings (SSSR count). The third kappa shape index (κ3) is 4.83. The van der Waals surface area contributed by atoms with Crippen LogP contribution in [0, 0.1) is 0 Å². The van der Waals surface area contributed by atoms with Crippen LogP contribution in [0.3, 0.4) is 0 Å². The summed E-state index contributed by atoms with van der Waals surface area (Å²) in [4.78, 5) is 1.08. The van der Waals surface area contributed by atoms with Crippen LogP contribution in [-0.4, -0.2) is 0 Å². The Morgan fingerprint density at radius 1 is 0.462 bits per heavy atom. The van der Waals surface area contributed by atoms with Gasteiger partial charge in [-0.1, -0.05) is 151 Å². The highest BCUT2D eigenvalue weighted by molar-refractivity contribution is 7.26. The molecular weight excluding hydrogens is 647 g/mol. The van der Waals surface area contributed by atoms with Gasteiger partial charge >= 0.3 is 0 Å². The Kier molecular flexibility index (Phi) is 3.39. The molecule has 2 heteroatoms. The number of benzene rings is 8. The number of hydrogen-bond acceptors (Lipinski definition) is 2. The smallest absolute Gasteiger partial charge is 0.0652 e. The number of nitrogens with zero attached hydrogens (tertiary/aromatic N) is 1. The molecule has 9 aromatic rings. The van der Waals surface area contributed by atoms with E-state index < -0.39 is 167 Å². The van der Waals surface area contributed by atoms with E-state index in [0.29, 0.717) is 0 Å². The van der Waals surface area contributed by atoms with Crippen molar-refractivity contribution in [1.29, 1.82) is 0 Å². The fraction of sp³-hybridized carbons (Fsp3) is 0.0400. The zero-order valence-electron chi connectivity index (χ0n) is 51.9. The van der Waals surface area contributed by atoms with Gasteiger partial charge in [0.05, 0.1) is 34.3 Å². The van der Waals surface area contributed by atoms with Crippen molar-refractivity contribution < 1.29 is 34.3 Å². The van der Waals surface area contributed by atoms with E-state index in [1.165, 1.54) is 13.0 Å². The molecule has 0 aliphatic heterocycles. The molecule has 1 atom stereocenters. The Morgan fingerprint density at radius 2 is 1.02 bits per heavy atom. The molecule has 1 unspecified atom stereocenters. The molecule has 0 bridgehead atoms. The van der Waals surface area contributed by atoms with Gasteiger partial charge in [0, 0.05) is 42.6 Å². The molecule has 1 aliphatic carbocycles. The average Bonchev–Trinajstić information content (AvgIpc) is 4.00. The van der Waals surface area contributed by atoms with Crippen LogP contribution >= 0.6 is 11.3 Å². The van der Waals surface area contributed by atoms with Gasteiger partial charge in [-0.15, -0.1) is 11.3 Å². The summed E-state index contributed by atoms with van der Waals surface area (Å²) >= 11 is 0.802. The first kappa shape index (κ1) is 14.4. The summed E-state index contributed by atoms with van der Waals surface area (Å²) in [5.74, 6) is 0. The molecule has 8 aromatic carbocycles. The van der Waals surface area contributed by atoms with Crippen molar-refractivity contribution in [2.45, 2.75) is 12.3 Å². The van der Waals surface area contributed by atoms with E-state index in [1.54, 1.807) is 0 Å². The molecule has 1 aromatic heterocycles. The van der Waals surface area contributed by atoms with Crippen LogP contribution in [0.2, 0.25) is 0 Å². The summed E-state index contributed by atoms with van der Waals surface area (Å²) in [6, 6.07) is -6.94. The summed E-state index contributed by atoms with van der Waals surface area (Å²) in [5.41, 5.74) is -5.20. The second-order valence-corrected chi connectivity index (χ2v) is 12.9. The first-order valence-electron chi connectivity index (χ1n) is 28.4. The molecule has 0 radical (unpaired) electrons. The number of anilines is 3. The summed E-state index contributed by atoms with van der Waals surface area (Å²) in [6.07, 6.45) is 0. The van der Waals surface area contributed by atoms with Gasteiger partial charge in [0.1, 0.15) is 0 Å². The number of rotatable bonds is 6. The third-order valence-electron chi connectivity index (χ3n) is 9.03. The minimum absolute atomic E-state index is 0.0152. The zero-order chi connectivity index (χ0) is 56.4. The molecule has 1 nitrogen and oxygen atoms in total. The quantitative estimate of drug-likeness (QED) is 0.166. The lowest BCUT2D eigenvalue weighted by Crippen LogP contribution is -2.22. The van der Waals surface area contributed by atoms with E-state index >= 15 is 0 Å². The molecule has 0 fully saturated rings. The molecule has 0 amide bonds. The van der Waals surface area contributed by atoms with E-state index in [4.69, 9.17) is 19.2 Å². The zero-order valence-corrected chi connectivity index (χ0v) is 27.7. The lowest BCUT2D eigenvalue weighted by Gasteiger charge is -2.29. The van der Waals surface area contributed by atoms with Gasteiger partial charge in [-0.2, -0.15) is 0 Å². The number of thiophene rings is 1. The van der Waals surface area contributed by atoms with E-state index in [-0.39, 0.29) is 76.5 Å². The Balaban J connectivity index is 1.32. The van der Waals surface area contributed by atoms with E-state index in [0.717, 1.165) is 52.6 Å². The van der Waals surface area contributed by atoms with Gasteiger partial charge in [0.2, 0.25) is 0 Å². The highest BCUT2D eigenvalue weighted by Crippen LogP contribution is 2.55. The minimum Gasteiger partial charge on any atom is -0.310 e. The van der Waals surface area contributed by atoms with Crippen LogP contribution in [-0.2, 0) is 5.41 Å². The molecule has 0 saturated heterocycles. The summed E-state index contributed by atoms with van der Waals surface area (Å²) in [7, 11) is 0. The fourth-order valence-electron chi connectivity index (χ4n) is 6.61. The first-order valence-corrected chi connectivity index (χ1v) is 16.7. The molecule has 0 saturated carbocycles. The molecule has 1 aliphatic rings. The summed E-state index contributed by atoms with van der Waals surface area (Å²) in [6.45, 7) is 1.46. The van der Waals surface area contributed by atoms with Crippen molar-refractivity contribution in [1.82, 2.24) is 0 Å². The highest BCUT2D eigenvalue weighted by atomic mass is 32.1. The molecular formula is C50H35NS. The van der Waals surface area contributed by atoms with Gasteiger partial charge in [-0.3, -0.25) is 0 Å². The maximum absolute atomic E-state index is 10.1. The van der Waals surface area contributed by atoms with Crippen LogP contribution < -0.4 is 4.90 Å². The third-order valence-corrected chi connectivity index (χ3v) is 10.2. The minimum atomic E-state index is -1.98. The van der Waals surface area contributed by atoms with Crippen LogP contribution in [0.4, 0.5) is 17.1 Å². The Morgan fingerprint density at radius 3 is 1.73 bits per heavy atom. The van der Waals surface area contributed by atoms with Crippen molar-refractivity contribution in [2.75, 3.05) is 4.90 Å². The van der Waals surface area contributed by atoms with Gasteiger partial charge in [0.15, 0.2) is 0 Å². The van der Waals surface area contributed by atoms with Crippen molar-refractivity contribution in [3.8, 4) is 33.4 Å². The van der Waals surface area contributed by atoms with Gasteiger partial charge in [0.25, 0.3) is 0 Å². The second-order valence-electron chi connectivity index (χ2n) is 11.9. The lowest BCUT2D eigenvalue weighted by atomic mass is 9.74. The Labute approximate surface area is 343 Å². The Bertz CT molecular complexity index is 4110. The molecule has 1 heterocycles. The maximum atomic E-state index is 10.1. The predicted molar refractivity (Wildman–Crippen MR) is 222 cm³/mol. The summed E-state index contributed by atoms with van der Waals surface area (Å²) in [5, 5.41) is -0.101. The highest BCUT2D eigenvalue weighted by Gasteiger charge is 2.41. The lowest BCUT2D eigenvalue weighted by molar-refractivity contribution is 0.722. The normalized spacial score (nSPS) is 21.4. The molecule has 52 heavy (non-hydrogen) atoms.